The van der Waals surface area contributed by atoms with E-state index in [1.54, 1.807) is 20.2 Å². The molecule has 1 heterocycles. The molecule has 1 atom stereocenters. The number of aromatic nitrogens is 2. The molecule has 5 nitrogen and oxygen atoms in total. The van der Waals surface area contributed by atoms with Crippen LogP contribution < -0.4 is 16.0 Å². The maximum Gasteiger partial charge on any atom is 0.254 e. The number of hydrogen-bond acceptors (Lipinski definition) is 4. The summed E-state index contributed by atoms with van der Waals surface area (Å²) in [6.07, 6.45) is 4.92. The molecule has 0 spiro atoms. The number of nitrogens with zero attached hydrogens (tertiary/aromatic N) is 2. The minimum atomic E-state index is -0.135. The lowest BCUT2D eigenvalue weighted by Gasteiger charge is -2.13. The second kappa shape index (κ2) is 8.57. The third kappa shape index (κ3) is 4.68. The SMILES string of the molecule is COc1cccc(/C=C/c2cccc(CC(C)c3cc(=O)n(C)c(N)n3)c2)c1. The molecular weight excluding hydrogens is 350 g/mol. The van der Waals surface area contributed by atoms with Crippen LogP contribution >= 0.6 is 0 Å². The zero-order valence-electron chi connectivity index (χ0n) is 16.4. The van der Waals surface area contributed by atoms with Gasteiger partial charge in [-0.1, -0.05) is 55.5 Å². The van der Waals surface area contributed by atoms with E-state index in [4.69, 9.17) is 10.5 Å². The first-order chi connectivity index (χ1) is 13.5. The third-order valence-electron chi connectivity index (χ3n) is 4.75. The van der Waals surface area contributed by atoms with Gasteiger partial charge in [-0.2, -0.15) is 0 Å². The minimum absolute atomic E-state index is 0.0915. The lowest BCUT2D eigenvalue weighted by atomic mass is 9.96. The van der Waals surface area contributed by atoms with E-state index >= 15 is 0 Å². The number of ether oxygens (including phenoxy) is 1. The van der Waals surface area contributed by atoms with Gasteiger partial charge >= 0.3 is 0 Å². The van der Waals surface area contributed by atoms with E-state index < -0.39 is 0 Å². The second-order valence-corrected chi connectivity index (χ2v) is 6.90. The lowest BCUT2D eigenvalue weighted by molar-refractivity contribution is 0.414. The van der Waals surface area contributed by atoms with Gasteiger partial charge in [-0.05, 0) is 35.2 Å². The quantitative estimate of drug-likeness (QED) is 0.664. The Morgan fingerprint density at radius 2 is 1.79 bits per heavy atom. The van der Waals surface area contributed by atoms with E-state index in [0.29, 0.717) is 0 Å². The number of anilines is 1. The van der Waals surface area contributed by atoms with Gasteiger partial charge in [0.15, 0.2) is 0 Å². The molecule has 0 saturated heterocycles. The van der Waals surface area contributed by atoms with Crippen LogP contribution in [0, 0.1) is 0 Å². The molecule has 5 heteroatoms. The average Bonchev–Trinajstić information content (AvgIpc) is 2.70. The van der Waals surface area contributed by atoms with Crippen molar-refractivity contribution >= 4 is 18.1 Å². The monoisotopic (exact) mass is 375 g/mol. The Morgan fingerprint density at radius 3 is 2.46 bits per heavy atom. The molecule has 0 aliphatic carbocycles. The summed E-state index contributed by atoms with van der Waals surface area (Å²) in [6, 6.07) is 17.8. The second-order valence-electron chi connectivity index (χ2n) is 6.90. The summed E-state index contributed by atoms with van der Waals surface area (Å²) in [5.41, 5.74) is 9.79. The van der Waals surface area contributed by atoms with Gasteiger partial charge in [0.1, 0.15) is 5.75 Å². The number of rotatable bonds is 6. The van der Waals surface area contributed by atoms with Crippen molar-refractivity contribution in [3.63, 3.8) is 0 Å². The van der Waals surface area contributed by atoms with Crippen molar-refractivity contribution in [1.29, 1.82) is 0 Å². The highest BCUT2D eigenvalue weighted by Crippen LogP contribution is 2.20. The molecule has 2 aromatic carbocycles. The Morgan fingerprint density at radius 1 is 1.11 bits per heavy atom. The predicted molar refractivity (Wildman–Crippen MR) is 114 cm³/mol. The maximum absolute atomic E-state index is 12.0. The van der Waals surface area contributed by atoms with Crippen LogP contribution in [0.2, 0.25) is 0 Å². The summed E-state index contributed by atoms with van der Waals surface area (Å²) in [6.45, 7) is 2.06. The summed E-state index contributed by atoms with van der Waals surface area (Å²) in [5.74, 6) is 1.17. The van der Waals surface area contributed by atoms with Crippen molar-refractivity contribution in [2.75, 3.05) is 12.8 Å². The Balaban J connectivity index is 1.76. The highest BCUT2D eigenvalue weighted by Gasteiger charge is 2.11. The number of nitrogens with two attached hydrogens (primary N) is 1. The summed E-state index contributed by atoms with van der Waals surface area (Å²) < 4.78 is 6.61. The van der Waals surface area contributed by atoms with Gasteiger partial charge in [0, 0.05) is 19.0 Å². The molecular formula is C23H25N3O2. The standard InChI is InChI=1S/C23H25N3O2/c1-16(21-15-22(27)26(2)23(24)25-21)12-19-8-4-6-17(13-19)10-11-18-7-5-9-20(14-18)28-3/h4-11,13-16H,12H2,1-3H3,(H2,24,25)/b11-10+. The number of benzene rings is 2. The molecule has 1 aromatic heterocycles. The van der Waals surface area contributed by atoms with Crippen LogP contribution in [0.1, 0.15) is 35.2 Å². The van der Waals surface area contributed by atoms with Crippen LogP contribution in [0.4, 0.5) is 5.95 Å². The van der Waals surface area contributed by atoms with E-state index in [9.17, 15) is 4.79 Å². The Bertz CT molecular complexity index is 1050. The van der Waals surface area contributed by atoms with E-state index in [1.807, 2.05) is 30.3 Å². The summed E-state index contributed by atoms with van der Waals surface area (Å²) in [7, 11) is 3.29. The fourth-order valence-corrected chi connectivity index (χ4v) is 3.05. The first kappa shape index (κ1) is 19.4. The Kier molecular flexibility index (Phi) is 5.94. The highest BCUT2D eigenvalue weighted by molar-refractivity contribution is 5.70. The van der Waals surface area contributed by atoms with Crippen molar-refractivity contribution in [1.82, 2.24) is 9.55 Å². The van der Waals surface area contributed by atoms with Crippen molar-refractivity contribution < 1.29 is 4.74 Å². The zero-order chi connectivity index (χ0) is 20.1. The topological polar surface area (TPSA) is 70.1 Å². The van der Waals surface area contributed by atoms with Crippen LogP contribution in [0.3, 0.4) is 0 Å². The van der Waals surface area contributed by atoms with Gasteiger partial charge in [-0.25, -0.2) is 4.98 Å². The minimum Gasteiger partial charge on any atom is -0.497 e. The van der Waals surface area contributed by atoms with E-state index in [2.05, 4.69) is 42.3 Å². The van der Waals surface area contributed by atoms with Crippen molar-refractivity contribution in [3.05, 3.63) is 87.3 Å². The fourth-order valence-electron chi connectivity index (χ4n) is 3.05. The summed E-state index contributed by atoms with van der Waals surface area (Å²) in [5, 5.41) is 0. The predicted octanol–water partition coefficient (Wildman–Crippen LogP) is 3.89. The van der Waals surface area contributed by atoms with Gasteiger partial charge in [0.05, 0.1) is 12.8 Å². The average molecular weight is 375 g/mol. The lowest BCUT2D eigenvalue weighted by Crippen LogP contribution is -2.22. The molecule has 0 radical (unpaired) electrons. The first-order valence-corrected chi connectivity index (χ1v) is 9.21. The number of nitrogen functional groups attached to an aromatic ring is 1. The van der Waals surface area contributed by atoms with Crippen molar-refractivity contribution in [2.45, 2.75) is 19.3 Å². The fraction of sp³-hybridized carbons (Fsp3) is 0.217. The molecule has 0 fully saturated rings. The molecule has 3 rings (SSSR count). The van der Waals surface area contributed by atoms with Gasteiger partial charge < -0.3 is 10.5 Å². The molecule has 0 aliphatic rings. The molecule has 28 heavy (non-hydrogen) atoms. The van der Waals surface area contributed by atoms with E-state index in [-0.39, 0.29) is 17.4 Å². The van der Waals surface area contributed by atoms with Crippen LogP contribution in [-0.2, 0) is 13.5 Å². The number of hydrogen-bond donors (Lipinski definition) is 1. The molecule has 1 unspecified atom stereocenters. The van der Waals surface area contributed by atoms with E-state index in [0.717, 1.165) is 29.0 Å². The first-order valence-electron chi connectivity index (χ1n) is 9.21. The van der Waals surface area contributed by atoms with Crippen LogP contribution in [-0.4, -0.2) is 16.7 Å². The molecule has 2 N–H and O–H groups in total. The smallest absolute Gasteiger partial charge is 0.254 e. The molecule has 0 saturated carbocycles. The zero-order valence-corrected chi connectivity index (χ0v) is 16.4. The van der Waals surface area contributed by atoms with E-state index in [1.165, 1.54) is 10.1 Å². The molecule has 0 aliphatic heterocycles. The van der Waals surface area contributed by atoms with Gasteiger partial charge in [0.25, 0.3) is 5.56 Å². The molecule has 0 bridgehead atoms. The van der Waals surface area contributed by atoms with Gasteiger partial charge in [0.2, 0.25) is 5.95 Å². The summed E-state index contributed by atoms with van der Waals surface area (Å²) >= 11 is 0. The summed E-state index contributed by atoms with van der Waals surface area (Å²) in [4.78, 5) is 16.3. The normalized spacial score (nSPS) is 12.2. The maximum atomic E-state index is 12.0. The van der Waals surface area contributed by atoms with Gasteiger partial charge in [-0.3, -0.25) is 9.36 Å². The Labute approximate surface area is 165 Å². The highest BCUT2D eigenvalue weighted by atomic mass is 16.5. The van der Waals surface area contributed by atoms with Crippen LogP contribution in [0.5, 0.6) is 5.75 Å². The third-order valence-corrected chi connectivity index (χ3v) is 4.75. The number of methoxy groups -OCH3 is 1. The van der Waals surface area contributed by atoms with Gasteiger partial charge in [-0.15, -0.1) is 0 Å². The van der Waals surface area contributed by atoms with Crippen molar-refractivity contribution in [3.8, 4) is 5.75 Å². The largest absolute Gasteiger partial charge is 0.497 e. The van der Waals surface area contributed by atoms with Crippen LogP contribution in [0.15, 0.2) is 59.4 Å². The molecule has 3 aromatic rings. The Hall–Kier alpha value is -3.34. The molecule has 144 valence electrons. The molecule has 0 amide bonds. The van der Waals surface area contributed by atoms with Crippen LogP contribution in [0.25, 0.3) is 12.2 Å². The van der Waals surface area contributed by atoms with Crippen molar-refractivity contribution in [2.24, 2.45) is 7.05 Å².